The lowest BCUT2D eigenvalue weighted by molar-refractivity contribution is -0.132. The van der Waals surface area contributed by atoms with E-state index in [0.29, 0.717) is 19.3 Å². The molecule has 0 bridgehead atoms. The smallest absolute Gasteiger partial charge is 0.249 e. The number of carbonyl (C=O) groups excluding carboxylic acids is 1. The van der Waals surface area contributed by atoms with Gasteiger partial charge in [-0.1, -0.05) is 249 Å². The van der Waals surface area contributed by atoms with E-state index in [0.717, 1.165) is 38.5 Å². The van der Waals surface area contributed by atoms with Crippen LogP contribution in [0, 0.1) is 0 Å². The van der Waals surface area contributed by atoms with Gasteiger partial charge in [-0.3, -0.25) is 4.79 Å². The van der Waals surface area contributed by atoms with Gasteiger partial charge in [0.05, 0.1) is 18.8 Å². The SMILES string of the molecule is C/C=C/CC/C=C/CCCC(O)C(O)C(CO)NC(=O)C(O)CCCCCCCCCCCCCCCCCC/C=C\CCCCCCCCCCCCCCCCCCCC. The van der Waals surface area contributed by atoms with Crippen LogP contribution in [0.4, 0.5) is 0 Å². The van der Waals surface area contributed by atoms with Gasteiger partial charge in [-0.2, -0.15) is 0 Å². The summed E-state index contributed by atoms with van der Waals surface area (Å²) in [6.07, 6.45) is 62.9. The van der Waals surface area contributed by atoms with Crippen molar-refractivity contribution in [2.24, 2.45) is 0 Å². The van der Waals surface area contributed by atoms with Crippen molar-refractivity contribution >= 4 is 5.91 Å². The molecule has 5 N–H and O–H groups in total. The molecule has 0 aliphatic rings. The van der Waals surface area contributed by atoms with Gasteiger partial charge in [-0.05, 0) is 71.1 Å². The van der Waals surface area contributed by atoms with Gasteiger partial charge < -0.3 is 25.7 Å². The second-order valence-electron chi connectivity index (χ2n) is 18.9. The number of aliphatic hydroxyl groups is 4. The van der Waals surface area contributed by atoms with E-state index in [2.05, 4.69) is 42.6 Å². The second kappa shape index (κ2) is 50.5. The fourth-order valence-corrected chi connectivity index (χ4v) is 8.60. The van der Waals surface area contributed by atoms with E-state index in [1.165, 1.54) is 212 Å². The first-order valence-corrected chi connectivity index (χ1v) is 27.3. The Hall–Kier alpha value is -1.47. The fourth-order valence-electron chi connectivity index (χ4n) is 8.60. The van der Waals surface area contributed by atoms with Crippen LogP contribution in [0.5, 0.6) is 0 Å². The molecule has 6 nitrogen and oxygen atoms in total. The average molecular weight is 874 g/mol. The summed E-state index contributed by atoms with van der Waals surface area (Å²) in [5.41, 5.74) is 0. The Bertz CT molecular complexity index is 981. The van der Waals surface area contributed by atoms with Gasteiger partial charge >= 0.3 is 0 Å². The van der Waals surface area contributed by atoms with Crippen molar-refractivity contribution in [3.05, 3.63) is 36.5 Å². The number of amides is 1. The molecule has 4 atom stereocenters. The average Bonchev–Trinajstić information content (AvgIpc) is 3.28. The highest BCUT2D eigenvalue weighted by Gasteiger charge is 2.28. The molecule has 4 unspecified atom stereocenters. The molecule has 0 saturated heterocycles. The van der Waals surface area contributed by atoms with E-state index in [1.54, 1.807) is 0 Å². The lowest BCUT2D eigenvalue weighted by Gasteiger charge is -2.27. The van der Waals surface area contributed by atoms with Gasteiger partial charge in [0, 0.05) is 0 Å². The quantitative estimate of drug-likeness (QED) is 0.0309. The third-order valence-corrected chi connectivity index (χ3v) is 12.9. The Labute approximate surface area is 386 Å². The van der Waals surface area contributed by atoms with E-state index >= 15 is 0 Å². The van der Waals surface area contributed by atoms with Gasteiger partial charge in [0.1, 0.15) is 12.2 Å². The van der Waals surface area contributed by atoms with Crippen molar-refractivity contribution in [3.63, 3.8) is 0 Å². The van der Waals surface area contributed by atoms with Crippen LogP contribution in [-0.2, 0) is 4.79 Å². The van der Waals surface area contributed by atoms with Crippen LogP contribution in [-0.4, -0.2) is 57.3 Å². The number of unbranched alkanes of at least 4 members (excludes halogenated alkanes) is 36. The number of carbonyl (C=O) groups is 1. The number of rotatable bonds is 50. The number of hydrogen-bond donors (Lipinski definition) is 5. The minimum atomic E-state index is -1.29. The molecule has 0 radical (unpaired) electrons. The van der Waals surface area contributed by atoms with Crippen LogP contribution in [0.3, 0.4) is 0 Å². The van der Waals surface area contributed by atoms with E-state index in [1.807, 2.05) is 13.0 Å². The summed E-state index contributed by atoms with van der Waals surface area (Å²) >= 11 is 0. The van der Waals surface area contributed by atoms with Crippen molar-refractivity contribution in [3.8, 4) is 0 Å². The minimum absolute atomic E-state index is 0.361. The zero-order valence-corrected chi connectivity index (χ0v) is 41.4. The molecule has 6 heteroatoms. The van der Waals surface area contributed by atoms with Crippen LogP contribution < -0.4 is 5.32 Å². The lowest BCUT2D eigenvalue weighted by atomic mass is 10.00. The molecule has 0 rings (SSSR count). The topological polar surface area (TPSA) is 110 Å². The lowest BCUT2D eigenvalue weighted by Crippen LogP contribution is -2.53. The molecule has 366 valence electrons. The first-order chi connectivity index (χ1) is 30.5. The summed E-state index contributed by atoms with van der Waals surface area (Å²) in [7, 11) is 0. The Morgan fingerprint density at radius 1 is 0.419 bits per heavy atom. The maximum Gasteiger partial charge on any atom is 0.249 e. The zero-order chi connectivity index (χ0) is 45.2. The molecule has 0 aliphatic heterocycles. The molecule has 1 amide bonds. The van der Waals surface area contributed by atoms with E-state index in [4.69, 9.17) is 0 Å². The maximum atomic E-state index is 12.5. The Morgan fingerprint density at radius 3 is 1.11 bits per heavy atom. The summed E-state index contributed by atoms with van der Waals surface area (Å²) < 4.78 is 0. The van der Waals surface area contributed by atoms with Crippen molar-refractivity contribution < 1.29 is 25.2 Å². The molecule has 0 saturated carbocycles. The minimum Gasteiger partial charge on any atom is -0.394 e. The normalized spacial score (nSPS) is 14.1. The van der Waals surface area contributed by atoms with Crippen LogP contribution in [0.25, 0.3) is 0 Å². The third kappa shape index (κ3) is 43.8. The van der Waals surface area contributed by atoms with Crippen LogP contribution in [0.2, 0.25) is 0 Å². The van der Waals surface area contributed by atoms with Crippen LogP contribution in [0.15, 0.2) is 36.5 Å². The molecule has 0 fully saturated rings. The number of aliphatic hydroxyl groups excluding tert-OH is 4. The van der Waals surface area contributed by atoms with Crippen molar-refractivity contribution in [1.82, 2.24) is 5.32 Å². The van der Waals surface area contributed by atoms with Crippen molar-refractivity contribution in [1.29, 1.82) is 0 Å². The fraction of sp³-hybridized carbons (Fsp3) is 0.875. The summed E-state index contributed by atoms with van der Waals surface area (Å²) in [6.45, 7) is 3.81. The predicted octanol–water partition coefficient (Wildman–Crippen LogP) is 15.6. The molecule has 0 aromatic rings. The molecule has 0 spiro atoms. The van der Waals surface area contributed by atoms with Gasteiger partial charge in [0.25, 0.3) is 0 Å². The highest BCUT2D eigenvalue weighted by atomic mass is 16.3. The summed E-state index contributed by atoms with van der Waals surface area (Å²) in [5.74, 6) is -0.599. The van der Waals surface area contributed by atoms with Gasteiger partial charge in [-0.15, -0.1) is 0 Å². The Morgan fingerprint density at radius 2 is 0.742 bits per heavy atom. The zero-order valence-electron chi connectivity index (χ0n) is 41.4. The summed E-state index contributed by atoms with van der Waals surface area (Å²) in [4.78, 5) is 12.5. The maximum absolute atomic E-state index is 12.5. The first kappa shape index (κ1) is 60.5. The van der Waals surface area contributed by atoms with Gasteiger partial charge in [0.2, 0.25) is 5.91 Å². The molecule has 0 aliphatic carbocycles. The van der Waals surface area contributed by atoms with E-state index in [9.17, 15) is 25.2 Å². The first-order valence-electron chi connectivity index (χ1n) is 27.3. The van der Waals surface area contributed by atoms with Crippen LogP contribution >= 0.6 is 0 Å². The monoisotopic (exact) mass is 874 g/mol. The van der Waals surface area contributed by atoms with Gasteiger partial charge in [0.15, 0.2) is 0 Å². The molecular formula is C56H107NO5. The largest absolute Gasteiger partial charge is 0.394 e. The Balaban J connectivity index is 3.46. The highest BCUT2D eigenvalue weighted by molar-refractivity contribution is 5.80. The van der Waals surface area contributed by atoms with Crippen molar-refractivity contribution in [2.45, 2.75) is 308 Å². The van der Waals surface area contributed by atoms with Crippen molar-refractivity contribution in [2.75, 3.05) is 6.61 Å². The number of hydrogen-bond acceptors (Lipinski definition) is 5. The Kier molecular flexibility index (Phi) is 49.3. The standard InChI is InChI=1S/C56H107NO5/c1-3-5-7-9-11-13-14-15-16-17-18-19-20-21-22-23-24-25-26-27-28-29-30-31-32-33-34-35-36-37-38-39-40-41-42-44-46-48-50-54(60)56(62)57-52(51-58)55(61)53(59)49-47-45-43-12-10-8-6-4-2/h4,6,12,27-28,43,52-55,58-61H,3,5,7-11,13-26,29-42,44-51H2,1-2H3,(H,57,62)/b6-4+,28-27-,43-12+. The molecule has 62 heavy (non-hydrogen) atoms. The third-order valence-electron chi connectivity index (χ3n) is 12.9. The van der Waals surface area contributed by atoms with Gasteiger partial charge in [-0.25, -0.2) is 0 Å². The van der Waals surface area contributed by atoms with E-state index < -0.39 is 36.9 Å². The number of nitrogens with one attached hydrogen (secondary N) is 1. The molecule has 0 aromatic heterocycles. The molecule has 0 aromatic carbocycles. The second-order valence-corrected chi connectivity index (χ2v) is 18.9. The predicted molar refractivity (Wildman–Crippen MR) is 270 cm³/mol. The van der Waals surface area contributed by atoms with E-state index in [-0.39, 0.29) is 0 Å². The molecule has 0 heterocycles. The number of allylic oxidation sites excluding steroid dienone is 6. The van der Waals surface area contributed by atoms with Crippen LogP contribution in [0.1, 0.15) is 284 Å². The summed E-state index contributed by atoms with van der Waals surface area (Å²) in [5, 5.41) is 43.5. The summed E-state index contributed by atoms with van der Waals surface area (Å²) in [6, 6.07) is -1.01. The molecular weight excluding hydrogens is 767 g/mol. The highest BCUT2D eigenvalue weighted by Crippen LogP contribution is 2.17.